The molecule has 0 fully saturated rings. The van der Waals surface area contributed by atoms with Crippen molar-refractivity contribution >= 4 is 11.6 Å². The Labute approximate surface area is 152 Å². The highest BCUT2D eigenvalue weighted by atomic mass is 35.5. The van der Waals surface area contributed by atoms with E-state index in [2.05, 4.69) is 27.6 Å². The number of nitrogens with zero attached hydrogens (tertiary/aromatic N) is 2. The molecule has 0 radical (unpaired) electrons. The van der Waals surface area contributed by atoms with E-state index in [0.717, 1.165) is 16.9 Å². The van der Waals surface area contributed by atoms with Crippen LogP contribution in [0.2, 0.25) is 0 Å². The van der Waals surface area contributed by atoms with E-state index in [0.29, 0.717) is 24.2 Å². The van der Waals surface area contributed by atoms with Crippen molar-refractivity contribution in [3.63, 3.8) is 0 Å². The van der Waals surface area contributed by atoms with Gasteiger partial charge in [-0.1, -0.05) is 30.3 Å². The summed E-state index contributed by atoms with van der Waals surface area (Å²) in [7, 11) is 1.63. The van der Waals surface area contributed by atoms with Gasteiger partial charge in [-0.25, -0.2) is 0 Å². The van der Waals surface area contributed by atoms with Crippen molar-refractivity contribution in [2.45, 2.75) is 19.0 Å². The quantitative estimate of drug-likeness (QED) is 0.648. The first kappa shape index (κ1) is 17.5. The third kappa shape index (κ3) is 4.00. The standard InChI is InChI=1S/C19H20ClN3O2/c1-19(13-20,21-12-14-6-4-3-5-7-14)18-23-22-17(25-18)15-8-10-16(24-2)11-9-15/h3-11,21H,12-13H2,1-2H3. The van der Waals surface area contributed by atoms with E-state index in [9.17, 15) is 0 Å². The molecule has 0 saturated heterocycles. The van der Waals surface area contributed by atoms with E-state index in [1.807, 2.05) is 49.4 Å². The van der Waals surface area contributed by atoms with E-state index < -0.39 is 5.54 Å². The van der Waals surface area contributed by atoms with E-state index in [1.54, 1.807) is 7.11 Å². The van der Waals surface area contributed by atoms with Crippen molar-refractivity contribution < 1.29 is 9.15 Å². The van der Waals surface area contributed by atoms with Gasteiger partial charge in [0.25, 0.3) is 0 Å². The zero-order valence-corrected chi connectivity index (χ0v) is 15.0. The molecule has 25 heavy (non-hydrogen) atoms. The summed E-state index contributed by atoms with van der Waals surface area (Å²) in [5.74, 6) is 2.00. The number of hydrogen-bond donors (Lipinski definition) is 1. The highest BCUT2D eigenvalue weighted by Gasteiger charge is 2.31. The molecule has 130 valence electrons. The lowest BCUT2D eigenvalue weighted by molar-refractivity contribution is 0.313. The fourth-order valence-corrected chi connectivity index (χ4v) is 2.58. The third-order valence-electron chi connectivity index (χ3n) is 4.03. The predicted molar refractivity (Wildman–Crippen MR) is 97.6 cm³/mol. The number of ether oxygens (including phenoxy) is 1. The molecular formula is C19H20ClN3O2. The molecule has 0 aliphatic heterocycles. The molecule has 2 aromatic carbocycles. The molecule has 3 rings (SSSR count). The zero-order chi connectivity index (χ0) is 17.7. The van der Waals surface area contributed by atoms with Gasteiger partial charge >= 0.3 is 0 Å². The summed E-state index contributed by atoms with van der Waals surface area (Å²) >= 11 is 6.20. The lowest BCUT2D eigenvalue weighted by Crippen LogP contribution is -2.41. The van der Waals surface area contributed by atoms with Gasteiger partial charge in [0, 0.05) is 18.0 Å². The van der Waals surface area contributed by atoms with Crippen LogP contribution in [0.4, 0.5) is 0 Å². The number of aromatic nitrogens is 2. The second-order valence-electron chi connectivity index (χ2n) is 5.95. The number of nitrogens with one attached hydrogen (secondary N) is 1. The Morgan fingerprint density at radius 1 is 1.08 bits per heavy atom. The summed E-state index contributed by atoms with van der Waals surface area (Å²) in [5, 5.41) is 11.8. The fraction of sp³-hybridized carbons (Fsp3) is 0.263. The minimum Gasteiger partial charge on any atom is -0.497 e. The van der Waals surface area contributed by atoms with Crippen molar-refractivity contribution in [3.05, 3.63) is 66.1 Å². The van der Waals surface area contributed by atoms with E-state index in [1.165, 1.54) is 0 Å². The molecular weight excluding hydrogens is 338 g/mol. The van der Waals surface area contributed by atoms with Gasteiger partial charge in [0.05, 0.1) is 7.11 Å². The SMILES string of the molecule is COc1ccc(-c2nnc(C(C)(CCl)NCc3ccccc3)o2)cc1. The molecule has 0 bridgehead atoms. The Balaban J connectivity index is 1.77. The Hall–Kier alpha value is -2.37. The number of benzene rings is 2. The van der Waals surface area contributed by atoms with Crippen LogP contribution < -0.4 is 10.1 Å². The normalized spacial score (nSPS) is 13.4. The average molecular weight is 358 g/mol. The molecule has 5 nitrogen and oxygen atoms in total. The predicted octanol–water partition coefficient (Wildman–Crippen LogP) is 3.99. The van der Waals surface area contributed by atoms with Crippen LogP contribution in [0.3, 0.4) is 0 Å². The van der Waals surface area contributed by atoms with Gasteiger partial charge in [-0.3, -0.25) is 5.32 Å². The summed E-state index contributed by atoms with van der Waals surface area (Å²) in [6.07, 6.45) is 0. The largest absolute Gasteiger partial charge is 0.497 e. The van der Waals surface area contributed by atoms with Gasteiger partial charge in [0.2, 0.25) is 11.8 Å². The first-order chi connectivity index (χ1) is 12.1. The Kier molecular flexibility index (Phi) is 5.36. The monoisotopic (exact) mass is 357 g/mol. The van der Waals surface area contributed by atoms with Crippen LogP contribution in [0.5, 0.6) is 5.75 Å². The second-order valence-corrected chi connectivity index (χ2v) is 6.21. The summed E-state index contributed by atoms with van der Waals surface area (Å²) < 4.78 is 11.0. The Morgan fingerprint density at radius 2 is 1.80 bits per heavy atom. The number of halogens is 1. The minimum atomic E-state index is -0.616. The molecule has 0 saturated carbocycles. The molecule has 1 atom stereocenters. The molecule has 1 unspecified atom stereocenters. The lowest BCUT2D eigenvalue weighted by Gasteiger charge is -2.24. The molecule has 1 heterocycles. The van der Waals surface area contributed by atoms with Crippen LogP contribution in [-0.4, -0.2) is 23.2 Å². The summed E-state index contributed by atoms with van der Waals surface area (Å²) in [6.45, 7) is 2.61. The lowest BCUT2D eigenvalue weighted by atomic mass is 10.0. The zero-order valence-electron chi connectivity index (χ0n) is 14.2. The number of methoxy groups -OCH3 is 1. The van der Waals surface area contributed by atoms with Crippen molar-refractivity contribution in [3.8, 4) is 17.2 Å². The smallest absolute Gasteiger partial charge is 0.247 e. The van der Waals surface area contributed by atoms with Crippen molar-refractivity contribution in [1.82, 2.24) is 15.5 Å². The molecule has 0 spiro atoms. The van der Waals surface area contributed by atoms with Gasteiger partial charge in [-0.15, -0.1) is 21.8 Å². The first-order valence-corrected chi connectivity index (χ1v) is 8.51. The van der Waals surface area contributed by atoms with Gasteiger partial charge in [0.15, 0.2) is 0 Å². The highest BCUT2D eigenvalue weighted by molar-refractivity contribution is 6.18. The highest BCUT2D eigenvalue weighted by Crippen LogP contribution is 2.27. The maximum absolute atomic E-state index is 6.20. The van der Waals surface area contributed by atoms with E-state index in [4.69, 9.17) is 20.8 Å². The molecule has 6 heteroatoms. The molecule has 1 aromatic heterocycles. The number of rotatable bonds is 7. The molecule has 3 aromatic rings. The second kappa shape index (κ2) is 7.68. The number of alkyl halides is 1. The molecule has 1 N–H and O–H groups in total. The Morgan fingerprint density at radius 3 is 2.44 bits per heavy atom. The van der Waals surface area contributed by atoms with Crippen molar-refractivity contribution in [2.24, 2.45) is 0 Å². The van der Waals surface area contributed by atoms with Crippen LogP contribution in [0.25, 0.3) is 11.5 Å². The molecule has 0 amide bonds. The van der Waals surface area contributed by atoms with Crippen molar-refractivity contribution in [2.75, 3.05) is 13.0 Å². The summed E-state index contributed by atoms with van der Waals surface area (Å²) in [4.78, 5) is 0. The minimum absolute atomic E-state index is 0.310. The summed E-state index contributed by atoms with van der Waals surface area (Å²) in [5.41, 5.74) is 1.38. The van der Waals surface area contributed by atoms with E-state index in [-0.39, 0.29) is 0 Å². The van der Waals surface area contributed by atoms with Gasteiger partial charge < -0.3 is 9.15 Å². The molecule has 0 aliphatic carbocycles. The third-order valence-corrected chi connectivity index (χ3v) is 4.56. The Bertz CT molecular complexity index is 805. The first-order valence-electron chi connectivity index (χ1n) is 7.98. The fourth-order valence-electron chi connectivity index (χ4n) is 2.37. The summed E-state index contributed by atoms with van der Waals surface area (Å²) in [6, 6.07) is 17.6. The van der Waals surface area contributed by atoms with Crippen LogP contribution in [0, 0.1) is 0 Å². The van der Waals surface area contributed by atoms with Gasteiger partial charge in [-0.2, -0.15) is 0 Å². The van der Waals surface area contributed by atoms with Gasteiger partial charge in [0.1, 0.15) is 11.3 Å². The van der Waals surface area contributed by atoms with Gasteiger partial charge in [-0.05, 0) is 36.8 Å². The van der Waals surface area contributed by atoms with Crippen LogP contribution >= 0.6 is 11.6 Å². The van der Waals surface area contributed by atoms with Crippen LogP contribution in [0.1, 0.15) is 18.4 Å². The maximum atomic E-state index is 6.20. The van der Waals surface area contributed by atoms with E-state index >= 15 is 0 Å². The molecule has 0 aliphatic rings. The number of hydrogen-bond acceptors (Lipinski definition) is 5. The van der Waals surface area contributed by atoms with Crippen LogP contribution in [0.15, 0.2) is 59.0 Å². The maximum Gasteiger partial charge on any atom is 0.247 e. The topological polar surface area (TPSA) is 60.2 Å². The van der Waals surface area contributed by atoms with Crippen molar-refractivity contribution in [1.29, 1.82) is 0 Å². The average Bonchev–Trinajstić information content (AvgIpc) is 3.18. The van der Waals surface area contributed by atoms with Crippen LogP contribution in [-0.2, 0) is 12.1 Å².